The van der Waals surface area contributed by atoms with Gasteiger partial charge in [-0.1, -0.05) is 18.2 Å². The van der Waals surface area contributed by atoms with Gasteiger partial charge in [0.2, 0.25) is 5.91 Å². The maximum atomic E-state index is 12.5. The number of halogens is 3. The molecule has 0 heterocycles. The van der Waals surface area contributed by atoms with Crippen molar-refractivity contribution in [2.45, 2.75) is 26.4 Å². The maximum absolute atomic E-state index is 12.5. The summed E-state index contributed by atoms with van der Waals surface area (Å²) in [7, 11) is 0. The van der Waals surface area contributed by atoms with Gasteiger partial charge in [0.25, 0.3) is 0 Å². The number of carbonyl (C=O) groups is 3. The van der Waals surface area contributed by atoms with E-state index in [1.54, 1.807) is 25.1 Å². The number of anilines is 2. The Bertz CT molecular complexity index is 909. The fraction of sp³-hybridized carbons (Fsp3) is 0.250. The molecule has 0 bridgehead atoms. The molecule has 0 saturated heterocycles. The lowest BCUT2D eigenvalue weighted by Crippen LogP contribution is -2.36. The van der Waals surface area contributed by atoms with Crippen LogP contribution in [0.2, 0.25) is 0 Å². The summed E-state index contributed by atoms with van der Waals surface area (Å²) in [5, 5.41) is 7.51. The highest BCUT2D eigenvalue weighted by Gasteiger charge is 2.29. The molecule has 2 aromatic rings. The Hall–Kier alpha value is -3.36. The summed E-state index contributed by atoms with van der Waals surface area (Å²) in [5.41, 5.74) is 1.32. The van der Waals surface area contributed by atoms with E-state index in [1.807, 2.05) is 0 Å². The van der Waals surface area contributed by atoms with E-state index >= 15 is 0 Å². The monoisotopic (exact) mass is 407 g/mol. The standard InChI is InChI=1S/C20H20F3N3O3/c1-12-16(25-13(2)27)4-3-5-17(12)26-19(29)18(28)24-11-10-14-6-8-15(9-7-14)20(21,22)23/h3-9H,10-11H2,1-2H3,(H,24,28)(H,25,27)(H,26,29). The van der Waals surface area contributed by atoms with Gasteiger partial charge in [0.1, 0.15) is 0 Å². The Balaban J connectivity index is 1.88. The molecule has 3 amide bonds. The van der Waals surface area contributed by atoms with Crippen LogP contribution in [0.3, 0.4) is 0 Å². The lowest BCUT2D eigenvalue weighted by atomic mass is 10.1. The van der Waals surface area contributed by atoms with Gasteiger partial charge in [0.15, 0.2) is 0 Å². The largest absolute Gasteiger partial charge is 0.416 e. The number of nitrogens with one attached hydrogen (secondary N) is 3. The molecule has 0 radical (unpaired) electrons. The van der Waals surface area contributed by atoms with Crippen molar-refractivity contribution in [3.05, 3.63) is 59.2 Å². The molecule has 154 valence electrons. The zero-order valence-electron chi connectivity index (χ0n) is 15.8. The molecule has 0 atom stereocenters. The highest BCUT2D eigenvalue weighted by atomic mass is 19.4. The molecule has 2 rings (SSSR count). The van der Waals surface area contributed by atoms with E-state index in [0.29, 0.717) is 22.5 Å². The van der Waals surface area contributed by atoms with Crippen molar-refractivity contribution < 1.29 is 27.6 Å². The van der Waals surface area contributed by atoms with Crippen molar-refractivity contribution >= 4 is 29.1 Å². The predicted molar refractivity (Wildman–Crippen MR) is 102 cm³/mol. The number of alkyl halides is 3. The van der Waals surface area contributed by atoms with E-state index in [2.05, 4.69) is 16.0 Å². The van der Waals surface area contributed by atoms with Gasteiger partial charge in [0.05, 0.1) is 5.56 Å². The van der Waals surface area contributed by atoms with Crippen LogP contribution in [0.5, 0.6) is 0 Å². The van der Waals surface area contributed by atoms with Crippen LogP contribution < -0.4 is 16.0 Å². The highest BCUT2D eigenvalue weighted by Crippen LogP contribution is 2.29. The quantitative estimate of drug-likeness (QED) is 0.665. The van der Waals surface area contributed by atoms with Crippen LogP contribution in [-0.4, -0.2) is 24.3 Å². The van der Waals surface area contributed by atoms with Crippen LogP contribution in [0.1, 0.15) is 23.6 Å². The molecule has 0 aliphatic carbocycles. The fourth-order valence-corrected chi connectivity index (χ4v) is 2.54. The van der Waals surface area contributed by atoms with Gasteiger partial charge < -0.3 is 16.0 Å². The third kappa shape index (κ3) is 6.34. The van der Waals surface area contributed by atoms with Gasteiger partial charge in [0, 0.05) is 24.8 Å². The van der Waals surface area contributed by atoms with Gasteiger partial charge in [-0.3, -0.25) is 14.4 Å². The second kappa shape index (κ2) is 9.22. The van der Waals surface area contributed by atoms with Crippen LogP contribution in [0.4, 0.5) is 24.5 Å². The number of hydrogen-bond acceptors (Lipinski definition) is 3. The highest BCUT2D eigenvalue weighted by molar-refractivity contribution is 6.39. The molecule has 0 fully saturated rings. The average Bonchev–Trinajstić information content (AvgIpc) is 2.64. The van der Waals surface area contributed by atoms with Gasteiger partial charge >= 0.3 is 18.0 Å². The van der Waals surface area contributed by atoms with Crippen molar-refractivity contribution in [1.82, 2.24) is 5.32 Å². The van der Waals surface area contributed by atoms with Crippen molar-refractivity contribution in [2.75, 3.05) is 17.2 Å². The van der Waals surface area contributed by atoms with E-state index in [4.69, 9.17) is 0 Å². The number of amides is 3. The van der Waals surface area contributed by atoms with Gasteiger partial charge in [-0.2, -0.15) is 13.2 Å². The smallest absolute Gasteiger partial charge is 0.347 e. The molecular formula is C20H20F3N3O3. The molecule has 0 unspecified atom stereocenters. The van der Waals surface area contributed by atoms with Crippen LogP contribution in [0.25, 0.3) is 0 Å². The van der Waals surface area contributed by atoms with Crippen LogP contribution in [-0.2, 0) is 27.0 Å². The summed E-state index contributed by atoms with van der Waals surface area (Å²) in [4.78, 5) is 35.2. The molecule has 2 aromatic carbocycles. The number of hydrogen-bond donors (Lipinski definition) is 3. The van der Waals surface area contributed by atoms with Crippen molar-refractivity contribution in [1.29, 1.82) is 0 Å². The first-order valence-corrected chi connectivity index (χ1v) is 8.70. The molecule has 0 aromatic heterocycles. The molecule has 0 saturated carbocycles. The first-order valence-electron chi connectivity index (χ1n) is 8.70. The molecule has 0 aliphatic heterocycles. The molecule has 29 heavy (non-hydrogen) atoms. The summed E-state index contributed by atoms with van der Waals surface area (Å²) >= 11 is 0. The van der Waals surface area contributed by atoms with E-state index in [9.17, 15) is 27.6 Å². The first-order chi connectivity index (χ1) is 13.6. The number of carbonyl (C=O) groups excluding carboxylic acids is 3. The number of benzene rings is 2. The van der Waals surface area contributed by atoms with Crippen molar-refractivity contribution in [2.24, 2.45) is 0 Å². The Morgan fingerprint density at radius 2 is 1.48 bits per heavy atom. The molecule has 6 nitrogen and oxygen atoms in total. The molecular weight excluding hydrogens is 387 g/mol. The molecule has 0 aliphatic rings. The Kier molecular flexibility index (Phi) is 6.98. The Morgan fingerprint density at radius 3 is 2.03 bits per heavy atom. The molecule has 0 spiro atoms. The Labute approximate surface area is 165 Å². The van der Waals surface area contributed by atoms with Gasteiger partial charge in [-0.25, -0.2) is 0 Å². The molecule has 9 heteroatoms. The molecule has 3 N–H and O–H groups in total. The predicted octanol–water partition coefficient (Wildman–Crippen LogP) is 3.27. The summed E-state index contributed by atoms with van der Waals surface area (Å²) in [6, 6.07) is 9.46. The SMILES string of the molecule is CC(=O)Nc1cccc(NC(=O)C(=O)NCCc2ccc(C(F)(F)F)cc2)c1C. The van der Waals surface area contributed by atoms with E-state index in [-0.39, 0.29) is 18.9 Å². The fourth-order valence-electron chi connectivity index (χ4n) is 2.54. The Morgan fingerprint density at radius 1 is 0.897 bits per heavy atom. The zero-order chi connectivity index (χ0) is 21.6. The summed E-state index contributed by atoms with van der Waals surface area (Å²) in [5.74, 6) is -2.03. The lowest BCUT2D eigenvalue weighted by molar-refractivity contribution is -0.137. The normalized spacial score (nSPS) is 10.9. The second-order valence-electron chi connectivity index (χ2n) is 6.31. The van der Waals surface area contributed by atoms with Crippen LogP contribution >= 0.6 is 0 Å². The summed E-state index contributed by atoms with van der Waals surface area (Å²) in [6.07, 6.45) is -4.13. The van der Waals surface area contributed by atoms with E-state index in [0.717, 1.165) is 12.1 Å². The average molecular weight is 407 g/mol. The number of rotatable bonds is 5. The minimum Gasteiger partial charge on any atom is -0.347 e. The lowest BCUT2D eigenvalue weighted by Gasteiger charge is -2.12. The van der Waals surface area contributed by atoms with Gasteiger partial charge in [-0.05, 0) is 48.7 Å². The summed E-state index contributed by atoms with van der Waals surface area (Å²) < 4.78 is 37.6. The van der Waals surface area contributed by atoms with E-state index < -0.39 is 23.6 Å². The van der Waals surface area contributed by atoms with Crippen LogP contribution in [0.15, 0.2) is 42.5 Å². The minimum absolute atomic E-state index is 0.0858. The third-order valence-electron chi connectivity index (χ3n) is 4.08. The van der Waals surface area contributed by atoms with Crippen molar-refractivity contribution in [3.63, 3.8) is 0 Å². The topological polar surface area (TPSA) is 87.3 Å². The second-order valence-corrected chi connectivity index (χ2v) is 6.31. The maximum Gasteiger partial charge on any atom is 0.416 e. The first kappa shape index (κ1) is 21.9. The van der Waals surface area contributed by atoms with Gasteiger partial charge in [-0.15, -0.1) is 0 Å². The summed E-state index contributed by atoms with van der Waals surface area (Å²) in [6.45, 7) is 3.13. The van der Waals surface area contributed by atoms with Crippen molar-refractivity contribution in [3.8, 4) is 0 Å². The van der Waals surface area contributed by atoms with E-state index in [1.165, 1.54) is 19.1 Å². The zero-order valence-corrected chi connectivity index (χ0v) is 15.8. The minimum atomic E-state index is -4.40. The third-order valence-corrected chi connectivity index (χ3v) is 4.08. The van der Waals surface area contributed by atoms with Crippen LogP contribution in [0, 0.1) is 6.92 Å².